The highest BCUT2D eigenvalue weighted by atomic mass is 16.2. The lowest BCUT2D eigenvalue weighted by molar-refractivity contribution is -0.131. The van der Waals surface area contributed by atoms with Crippen molar-refractivity contribution in [1.82, 2.24) is 14.7 Å². The molecule has 0 saturated carbocycles. The van der Waals surface area contributed by atoms with Crippen LogP contribution in [0.3, 0.4) is 0 Å². The minimum Gasteiger partial charge on any atom is -0.339 e. The van der Waals surface area contributed by atoms with Crippen LogP contribution in [0.5, 0.6) is 0 Å². The Morgan fingerprint density at radius 3 is 2.05 bits per heavy atom. The number of piperazine rings is 1. The summed E-state index contributed by atoms with van der Waals surface area (Å²) in [7, 11) is 0. The third-order valence-electron chi connectivity index (χ3n) is 4.14. The lowest BCUT2D eigenvalue weighted by Crippen LogP contribution is -2.54. The standard InChI is InChI=1S/C17H25N3O2/c1-3-18(4-2)17(22)20-12-10-19(11-13-20)16(21)14-15-8-6-5-7-9-15/h5-9H,3-4,10-14H2,1-2H3. The van der Waals surface area contributed by atoms with E-state index < -0.39 is 0 Å². The van der Waals surface area contributed by atoms with Gasteiger partial charge < -0.3 is 14.7 Å². The predicted octanol–water partition coefficient (Wildman–Crippen LogP) is 1.84. The fourth-order valence-corrected chi connectivity index (χ4v) is 2.72. The quantitative estimate of drug-likeness (QED) is 0.852. The summed E-state index contributed by atoms with van der Waals surface area (Å²) in [6.45, 7) is 7.91. The van der Waals surface area contributed by atoms with Crippen molar-refractivity contribution in [3.63, 3.8) is 0 Å². The SMILES string of the molecule is CCN(CC)C(=O)N1CCN(C(=O)Cc2ccccc2)CC1. The molecule has 1 fully saturated rings. The highest BCUT2D eigenvalue weighted by molar-refractivity contribution is 5.79. The number of benzene rings is 1. The molecule has 22 heavy (non-hydrogen) atoms. The van der Waals surface area contributed by atoms with Crippen molar-refractivity contribution in [2.75, 3.05) is 39.3 Å². The highest BCUT2D eigenvalue weighted by Crippen LogP contribution is 2.09. The molecule has 0 radical (unpaired) electrons. The Hall–Kier alpha value is -2.04. The molecule has 0 N–H and O–H groups in total. The lowest BCUT2D eigenvalue weighted by atomic mass is 10.1. The average molecular weight is 303 g/mol. The van der Waals surface area contributed by atoms with Crippen molar-refractivity contribution in [2.24, 2.45) is 0 Å². The molecule has 0 spiro atoms. The molecule has 2 rings (SSSR count). The zero-order chi connectivity index (χ0) is 15.9. The minimum atomic E-state index is 0.0835. The van der Waals surface area contributed by atoms with Crippen molar-refractivity contribution in [1.29, 1.82) is 0 Å². The van der Waals surface area contributed by atoms with Gasteiger partial charge in [-0.05, 0) is 19.4 Å². The van der Waals surface area contributed by atoms with Crippen molar-refractivity contribution >= 4 is 11.9 Å². The van der Waals surface area contributed by atoms with Gasteiger partial charge >= 0.3 is 6.03 Å². The second-order valence-corrected chi connectivity index (χ2v) is 5.49. The van der Waals surface area contributed by atoms with E-state index in [1.165, 1.54) is 0 Å². The summed E-state index contributed by atoms with van der Waals surface area (Å²) in [6, 6.07) is 9.87. The summed E-state index contributed by atoms with van der Waals surface area (Å²) in [4.78, 5) is 30.1. The Bertz CT molecular complexity index is 492. The second-order valence-electron chi connectivity index (χ2n) is 5.49. The van der Waals surface area contributed by atoms with Gasteiger partial charge in [-0.1, -0.05) is 30.3 Å². The lowest BCUT2D eigenvalue weighted by Gasteiger charge is -2.37. The van der Waals surface area contributed by atoms with E-state index in [4.69, 9.17) is 0 Å². The third-order valence-corrected chi connectivity index (χ3v) is 4.14. The number of urea groups is 1. The third kappa shape index (κ3) is 4.00. The number of carbonyl (C=O) groups is 2. The predicted molar refractivity (Wildman–Crippen MR) is 86.6 cm³/mol. The van der Waals surface area contributed by atoms with Gasteiger partial charge in [0.05, 0.1) is 6.42 Å². The molecule has 1 aliphatic rings. The number of rotatable bonds is 4. The number of carbonyl (C=O) groups excluding carboxylic acids is 2. The summed E-state index contributed by atoms with van der Waals surface area (Å²) < 4.78 is 0. The first-order valence-electron chi connectivity index (χ1n) is 8.01. The Labute approximate surface area is 132 Å². The van der Waals surface area contributed by atoms with E-state index in [2.05, 4.69) is 0 Å². The minimum absolute atomic E-state index is 0.0835. The zero-order valence-corrected chi connectivity index (χ0v) is 13.5. The van der Waals surface area contributed by atoms with Crippen LogP contribution in [0.2, 0.25) is 0 Å². The molecular weight excluding hydrogens is 278 g/mol. The molecule has 0 aliphatic carbocycles. The van der Waals surface area contributed by atoms with E-state index in [1.54, 1.807) is 0 Å². The molecule has 1 aromatic rings. The summed E-state index contributed by atoms with van der Waals surface area (Å²) in [5, 5.41) is 0. The molecule has 0 unspecified atom stereocenters. The summed E-state index contributed by atoms with van der Waals surface area (Å²) in [5.41, 5.74) is 1.04. The highest BCUT2D eigenvalue weighted by Gasteiger charge is 2.26. The van der Waals surface area contributed by atoms with Crippen LogP contribution >= 0.6 is 0 Å². The number of hydrogen-bond donors (Lipinski definition) is 0. The van der Waals surface area contributed by atoms with Crippen molar-refractivity contribution in [2.45, 2.75) is 20.3 Å². The van der Waals surface area contributed by atoms with Gasteiger partial charge in [0.25, 0.3) is 0 Å². The Morgan fingerprint density at radius 2 is 1.50 bits per heavy atom. The molecule has 120 valence electrons. The molecule has 0 bridgehead atoms. The molecule has 0 aromatic heterocycles. The van der Waals surface area contributed by atoms with Gasteiger partial charge in [-0.25, -0.2) is 4.79 Å². The van der Waals surface area contributed by atoms with Gasteiger partial charge in [0.2, 0.25) is 5.91 Å². The molecule has 1 heterocycles. The van der Waals surface area contributed by atoms with Crippen LogP contribution in [-0.4, -0.2) is 65.9 Å². The van der Waals surface area contributed by atoms with Crippen LogP contribution < -0.4 is 0 Å². The molecule has 3 amide bonds. The van der Waals surface area contributed by atoms with E-state index in [0.29, 0.717) is 32.6 Å². The summed E-state index contributed by atoms with van der Waals surface area (Å²) >= 11 is 0. The Balaban J connectivity index is 1.84. The van der Waals surface area contributed by atoms with Crippen LogP contribution in [0.15, 0.2) is 30.3 Å². The fourth-order valence-electron chi connectivity index (χ4n) is 2.72. The molecule has 0 atom stereocenters. The van der Waals surface area contributed by atoms with Gasteiger partial charge in [-0.3, -0.25) is 4.79 Å². The van der Waals surface area contributed by atoms with Crippen LogP contribution in [0.1, 0.15) is 19.4 Å². The molecular formula is C17H25N3O2. The van der Waals surface area contributed by atoms with E-state index >= 15 is 0 Å². The maximum Gasteiger partial charge on any atom is 0.320 e. The van der Waals surface area contributed by atoms with E-state index in [-0.39, 0.29) is 11.9 Å². The largest absolute Gasteiger partial charge is 0.339 e. The van der Waals surface area contributed by atoms with Gasteiger partial charge in [0.1, 0.15) is 0 Å². The monoisotopic (exact) mass is 303 g/mol. The van der Waals surface area contributed by atoms with Gasteiger partial charge in [0, 0.05) is 39.3 Å². The van der Waals surface area contributed by atoms with Gasteiger partial charge in [-0.15, -0.1) is 0 Å². The van der Waals surface area contributed by atoms with E-state index in [9.17, 15) is 9.59 Å². The van der Waals surface area contributed by atoms with Crippen LogP contribution in [0, 0.1) is 0 Å². The normalized spacial score (nSPS) is 14.8. The van der Waals surface area contributed by atoms with Crippen LogP contribution in [0.4, 0.5) is 4.79 Å². The smallest absolute Gasteiger partial charge is 0.320 e. The van der Waals surface area contributed by atoms with Gasteiger partial charge in [0.15, 0.2) is 0 Å². The topological polar surface area (TPSA) is 43.9 Å². The van der Waals surface area contributed by atoms with Crippen LogP contribution in [-0.2, 0) is 11.2 Å². The number of nitrogens with zero attached hydrogens (tertiary/aromatic N) is 3. The zero-order valence-electron chi connectivity index (χ0n) is 13.5. The molecule has 1 aromatic carbocycles. The maximum absolute atomic E-state index is 12.3. The van der Waals surface area contributed by atoms with E-state index in [0.717, 1.165) is 18.7 Å². The Kier molecular flexibility index (Phi) is 5.81. The van der Waals surface area contributed by atoms with Crippen molar-refractivity contribution < 1.29 is 9.59 Å². The Morgan fingerprint density at radius 1 is 0.955 bits per heavy atom. The van der Waals surface area contributed by atoms with Crippen molar-refractivity contribution in [3.05, 3.63) is 35.9 Å². The fraction of sp³-hybridized carbons (Fsp3) is 0.529. The summed E-state index contributed by atoms with van der Waals surface area (Å²) in [6.07, 6.45) is 0.435. The van der Waals surface area contributed by atoms with Crippen LogP contribution in [0.25, 0.3) is 0 Å². The second kappa shape index (κ2) is 7.82. The first-order chi connectivity index (χ1) is 10.7. The van der Waals surface area contributed by atoms with Gasteiger partial charge in [-0.2, -0.15) is 0 Å². The first-order valence-corrected chi connectivity index (χ1v) is 8.01. The first kappa shape index (κ1) is 16.3. The average Bonchev–Trinajstić information content (AvgIpc) is 2.57. The number of hydrogen-bond acceptors (Lipinski definition) is 2. The number of amides is 3. The van der Waals surface area contributed by atoms with Crippen molar-refractivity contribution in [3.8, 4) is 0 Å². The maximum atomic E-state index is 12.3. The molecule has 5 heteroatoms. The molecule has 1 saturated heterocycles. The molecule has 1 aliphatic heterocycles. The molecule has 5 nitrogen and oxygen atoms in total. The van der Waals surface area contributed by atoms with E-state index in [1.807, 2.05) is 58.9 Å². The summed E-state index contributed by atoms with van der Waals surface area (Å²) in [5.74, 6) is 0.140.